The van der Waals surface area contributed by atoms with E-state index in [4.69, 9.17) is 16.3 Å². The Morgan fingerprint density at radius 2 is 1.92 bits per heavy atom. The normalized spacial score (nSPS) is 10.8. The molecule has 2 rings (SSSR count). The van der Waals surface area contributed by atoms with Gasteiger partial charge in [0.1, 0.15) is 11.5 Å². The molecule has 0 aliphatic rings. The monoisotopic (exact) mass is 489 g/mol. The topological polar surface area (TPSA) is 65.9 Å². The van der Waals surface area contributed by atoms with Gasteiger partial charge in [-0.25, -0.2) is 4.99 Å². The SMILES string of the molecule is CCNC(=NCc1cc(OC)ccc1O)NCCc1ccccc1Cl.I. The number of rotatable bonds is 7. The van der Waals surface area contributed by atoms with Gasteiger partial charge in [-0.1, -0.05) is 29.8 Å². The maximum atomic E-state index is 9.95. The zero-order chi connectivity index (χ0) is 18.1. The number of aromatic hydroxyl groups is 1. The minimum Gasteiger partial charge on any atom is -0.508 e. The van der Waals surface area contributed by atoms with Crippen molar-refractivity contribution in [3.63, 3.8) is 0 Å². The van der Waals surface area contributed by atoms with Gasteiger partial charge in [-0.2, -0.15) is 0 Å². The highest BCUT2D eigenvalue weighted by Crippen LogP contribution is 2.23. The number of phenols is 1. The average Bonchev–Trinajstić information content (AvgIpc) is 2.62. The summed E-state index contributed by atoms with van der Waals surface area (Å²) in [6.45, 7) is 3.82. The summed E-state index contributed by atoms with van der Waals surface area (Å²) in [7, 11) is 1.60. The Labute approximate surface area is 176 Å². The van der Waals surface area contributed by atoms with Crippen LogP contribution in [0.1, 0.15) is 18.1 Å². The highest BCUT2D eigenvalue weighted by Gasteiger charge is 2.05. The van der Waals surface area contributed by atoms with E-state index in [0.29, 0.717) is 30.4 Å². The molecule has 0 aromatic heterocycles. The fraction of sp³-hybridized carbons (Fsp3) is 0.316. The number of benzene rings is 2. The lowest BCUT2D eigenvalue weighted by Crippen LogP contribution is -2.38. The van der Waals surface area contributed by atoms with Crippen molar-refractivity contribution in [2.75, 3.05) is 20.2 Å². The van der Waals surface area contributed by atoms with Gasteiger partial charge < -0.3 is 20.5 Å². The molecular weight excluding hydrogens is 465 g/mol. The molecule has 0 fully saturated rings. The van der Waals surface area contributed by atoms with Gasteiger partial charge in [-0.15, -0.1) is 24.0 Å². The molecule has 0 unspecified atom stereocenters. The molecule has 0 saturated carbocycles. The third-order valence-corrected chi connectivity index (χ3v) is 4.05. The lowest BCUT2D eigenvalue weighted by Gasteiger charge is -2.12. The number of aliphatic imine (C=N–C) groups is 1. The number of methoxy groups -OCH3 is 1. The molecule has 0 heterocycles. The Hall–Kier alpha value is -1.67. The summed E-state index contributed by atoms with van der Waals surface area (Å²) in [5.41, 5.74) is 1.81. The number of hydrogen-bond donors (Lipinski definition) is 3. The second-order valence-corrected chi connectivity index (χ2v) is 5.87. The van der Waals surface area contributed by atoms with E-state index in [1.165, 1.54) is 0 Å². The van der Waals surface area contributed by atoms with Crippen LogP contribution in [0, 0.1) is 0 Å². The van der Waals surface area contributed by atoms with E-state index in [1.807, 2.05) is 31.2 Å². The molecule has 0 saturated heterocycles. The lowest BCUT2D eigenvalue weighted by atomic mass is 10.1. The van der Waals surface area contributed by atoms with Crippen LogP contribution >= 0.6 is 35.6 Å². The molecule has 2 aromatic carbocycles. The van der Waals surface area contributed by atoms with Crippen molar-refractivity contribution in [3.05, 3.63) is 58.6 Å². The minimum absolute atomic E-state index is 0. The van der Waals surface area contributed by atoms with Crippen LogP contribution in [0.25, 0.3) is 0 Å². The van der Waals surface area contributed by atoms with E-state index in [0.717, 1.165) is 23.6 Å². The summed E-state index contributed by atoms with van der Waals surface area (Å²) >= 11 is 6.17. The van der Waals surface area contributed by atoms with Crippen molar-refractivity contribution in [1.82, 2.24) is 10.6 Å². The molecule has 0 bridgehead atoms. The van der Waals surface area contributed by atoms with Crippen LogP contribution in [0.5, 0.6) is 11.5 Å². The minimum atomic E-state index is 0. The van der Waals surface area contributed by atoms with Crippen LogP contribution < -0.4 is 15.4 Å². The number of ether oxygens (including phenoxy) is 1. The smallest absolute Gasteiger partial charge is 0.191 e. The quantitative estimate of drug-likeness (QED) is 0.313. The van der Waals surface area contributed by atoms with Crippen molar-refractivity contribution < 1.29 is 9.84 Å². The first-order chi connectivity index (χ1) is 12.1. The summed E-state index contributed by atoms with van der Waals surface area (Å²) in [4.78, 5) is 4.52. The highest BCUT2D eigenvalue weighted by atomic mass is 127. The van der Waals surface area contributed by atoms with Crippen LogP contribution in [-0.2, 0) is 13.0 Å². The number of nitrogens with one attached hydrogen (secondary N) is 2. The van der Waals surface area contributed by atoms with Crippen LogP contribution in [0.4, 0.5) is 0 Å². The average molecular weight is 490 g/mol. The first-order valence-electron chi connectivity index (χ1n) is 8.25. The number of halogens is 2. The molecule has 26 heavy (non-hydrogen) atoms. The van der Waals surface area contributed by atoms with Crippen molar-refractivity contribution in [1.29, 1.82) is 0 Å². The molecule has 0 radical (unpaired) electrons. The second-order valence-electron chi connectivity index (χ2n) is 5.46. The molecule has 0 spiro atoms. The van der Waals surface area contributed by atoms with E-state index < -0.39 is 0 Å². The summed E-state index contributed by atoms with van der Waals surface area (Å²) in [5, 5.41) is 17.2. The molecular formula is C19H25ClIN3O2. The molecule has 0 aliphatic heterocycles. The number of hydrogen-bond acceptors (Lipinski definition) is 3. The van der Waals surface area contributed by atoms with Crippen LogP contribution in [0.15, 0.2) is 47.5 Å². The van der Waals surface area contributed by atoms with Gasteiger partial charge >= 0.3 is 0 Å². The standard InChI is InChI=1S/C19H24ClN3O2.HI/c1-3-21-19(22-11-10-14-6-4-5-7-17(14)20)23-13-15-12-16(25-2)8-9-18(15)24;/h4-9,12,24H,3,10-11,13H2,1-2H3,(H2,21,22,23);1H. The summed E-state index contributed by atoms with van der Waals surface area (Å²) in [6.07, 6.45) is 0.800. The molecule has 0 aliphatic carbocycles. The summed E-state index contributed by atoms with van der Waals surface area (Å²) < 4.78 is 5.19. The van der Waals surface area contributed by atoms with Gasteiger partial charge in [0.05, 0.1) is 13.7 Å². The van der Waals surface area contributed by atoms with Crippen molar-refractivity contribution in [2.45, 2.75) is 19.9 Å². The Morgan fingerprint density at radius 3 is 2.62 bits per heavy atom. The fourth-order valence-corrected chi connectivity index (χ4v) is 2.57. The van der Waals surface area contributed by atoms with Crippen molar-refractivity contribution in [3.8, 4) is 11.5 Å². The Balaban J connectivity index is 0.00000338. The van der Waals surface area contributed by atoms with Gasteiger partial charge in [0.2, 0.25) is 0 Å². The lowest BCUT2D eigenvalue weighted by molar-refractivity contribution is 0.411. The zero-order valence-corrected chi connectivity index (χ0v) is 18.0. The first-order valence-corrected chi connectivity index (χ1v) is 8.63. The molecule has 142 valence electrons. The van der Waals surface area contributed by atoms with Crippen molar-refractivity contribution >= 4 is 41.5 Å². The Bertz CT molecular complexity index is 726. The van der Waals surface area contributed by atoms with Crippen LogP contribution in [0.2, 0.25) is 5.02 Å². The van der Waals surface area contributed by atoms with Gasteiger partial charge in [-0.3, -0.25) is 0 Å². The summed E-state index contributed by atoms with van der Waals surface area (Å²) in [5.74, 6) is 1.59. The van der Waals surface area contributed by atoms with E-state index in [1.54, 1.807) is 25.3 Å². The second kappa shape index (κ2) is 11.9. The molecule has 0 amide bonds. The van der Waals surface area contributed by atoms with Gasteiger partial charge in [0, 0.05) is 23.7 Å². The van der Waals surface area contributed by atoms with Gasteiger partial charge in [0.15, 0.2) is 5.96 Å². The predicted octanol–water partition coefficient (Wildman–Crippen LogP) is 3.97. The van der Waals surface area contributed by atoms with E-state index in [2.05, 4.69) is 15.6 Å². The Morgan fingerprint density at radius 1 is 1.15 bits per heavy atom. The molecule has 3 N–H and O–H groups in total. The highest BCUT2D eigenvalue weighted by molar-refractivity contribution is 14.0. The Kier molecular flexibility index (Phi) is 10.2. The number of phenolic OH excluding ortho intramolecular Hbond substituents is 1. The first kappa shape index (κ1) is 22.4. The molecule has 7 heteroatoms. The molecule has 5 nitrogen and oxygen atoms in total. The number of nitrogens with zero attached hydrogens (tertiary/aromatic N) is 1. The van der Waals surface area contributed by atoms with Crippen molar-refractivity contribution in [2.24, 2.45) is 4.99 Å². The maximum absolute atomic E-state index is 9.95. The molecule has 0 atom stereocenters. The zero-order valence-electron chi connectivity index (χ0n) is 15.0. The predicted molar refractivity (Wildman–Crippen MR) is 118 cm³/mol. The van der Waals surface area contributed by atoms with Gasteiger partial charge in [0.25, 0.3) is 0 Å². The van der Waals surface area contributed by atoms with Crippen LogP contribution in [0.3, 0.4) is 0 Å². The summed E-state index contributed by atoms with van der Waals surface area (Å²) in [6, 6.07) is 12.9. The largest absolute Gasteiger partial charge is 0.508 e. The van der Waals surface area contributed by atoms with Gasteiger partial charge in [-0.05, 0) is 43.2 Å². The van der Waals surface area contributed by atoms with E-state index in [9.17, 15) is 5.11 Å². The van der Waals surface area contributed by atoms with E-state index >= 15 is 0 Å². The molecule has 2 aromatic rings. The van der Waals surface area contributed by atoms with E-state index in [-0.39, 0.29) is 29.7 Å². The van der Waals surface area contributed by atoms with Crippen LogP contribution in [-0.4, -0.2) is 31.3 Å². The number of guanidine groups is 1. The third-order valence-electron chi connectivity index (χ3n) is 3.68. The third kappa shape index (κ3) is 6.92. The fourth-order valence-electron chi connectivity index (χ4n) is 2.34. The maximum Gasteiger partial charge on any atom is 0.191 e.